The maximum Gasteiger partial charge on any atom is 0.160 e. The fraction of sp³-hybridized carbons (Fsp3) is 0. The van der Waals surface area contributed by atoms with Crippen LogP contribution in [0.1, 0.15) is 0 Å². The van der Waals surface area contributed by atoms with Crippen LogP contribution >= 0.6 is 0 Å². The molecule has 0 N–H and O–H groups in total. The molecule has 8 aromatic carbocycles. The molecule has 4 nitrogen and oxygen atoms in total. The molecule has 0 aliphatic rings. The summed E-state index contributed by atoms with van der Waals surface area (Å²) in [6.07, 6.45) is 0. The SMILES string of the molecule is c1ccc(-c2ccc(-c3nc(-c4ccccc4)cc(-c4cccc(-n5nc(-c6ccccc6)c6c(-c7ccccc7)cc7ccccc7c65)c4)n3)cc2)cc1. The molecule has 0 aliphatic carbocycles. The van der Waals surface area contributed by atoms with Crippen molar-refractivity contribution in [2.24, 2.45) is 0 Å². The Kier molecular flexibility index (Phi) is 8.12. The smallest absolute Gasteiger partial charge is 0.160 e. The number of hydrogen-bond acceptors (Lipinski definition) is 3. The van der Waals surface area contributed by atoms with Crippen LogP contribution in [0.25, 0.3) is 94.8 Å². The van der Waals surface area contributed by atoms with Crippen molar-refractivity contribution in [3.05, 3.63) is 206 Å². The molecule has 0 amide bonds. The molecule has 10 aromatic rings. The van der Waals surface area contributed by atoms with Gasteiger partial charge in [0.15, 0.2) is 5.82 Å². The topological polar surface area (TPSA) is 43.6 Å². The standard InChI is InChI=1S/C51H34N4/c1-5-16-35(17-6-1)36-28-30-40(31-29-36)51-52-46(38-20-9-3-10-21-38)34-47(53-51)42-25-15-26-43(32-42)55-50-44-27-14-13-24-41(44)33-45(37-18-7-2-8-19-37)48(50)49(54-55)39-22-11-4-12-23-39/h1-34H. The molecule has 0 saturated heterocycles. The van der Waals surface area contributed by atoms with Gasteiger partial charge >= 0.3 is 0 Å². The fourth-order valence-corrected chi connectivity index (χ4v) is 7.54. The summed E-state index contributed by atoms with van der Waals surface area (Å²) in [5.74, 6) is 0.677. The van der Waals surface area contributed by atoms with Gasteiger partial charge in [0.25, 0.3) is 0 Å². The lowest BCUT2D eigenvalue weighted by Gasteiger charge is -2.12. The molecule has 0 radical (unpaired) electrons. The maximum absolute atomic E-state index is 5.45. The van der Waals surface area contributed by atoms with Gasteiger partial charge in [0.1, 0.15) is 5.69 Å². The molecule has 2 aromatic heterocycles. The molecular weight excluding hydrogens is 669 g/mol. The van der Waals surface area contributed by atoms with Gasteiger partial charge in [-0.3, -0.25) is 0 Å². The zero-order valence-electron chi connectivity index (χ0n) is 29.9. The van der Waals surface area contributed by atoms with Crippen LogP contribution in [0.4, 0.5) is 0 Å². The molecule has 0 unspecified atom stereocenters. The van der Waals surface area contributed by atoms with Crippen molar-refractivity contribution in [2.75, 3.05) is 0 Å². The van der Waals surface area contributed by atoms with Crippen LogP contribution in [-0.2, 0) is 0 Å². The van der Waals surface area contributed by atoms with Crippen molar-refractivity contribution in [3.63, 3.8) is 0 Å². The maximum atomic E-state index is 5.45. The molecule has 55 heavy (non-hydrogen) atoms. The summed E-state index contributed by atoms with van der Waals surface area (Å²) in [5, 5.41) is 8.88. The van der Waals surface area contributed by atoms with E-state index in [0.29, 0.717) is 5.82 Å². The summed E-state index contributed by atoms with van der Waals surface area (Å²) in [5.41, 5.74) is 13.4. The largest absolute Gasteiger partial charge is 0.232 e. The Morgan fingerprint density at radius 3 is 1.58 bits per heavy atom. The number of benzene rings is 8. The van der Waals surface area contributed by atoms with E-state index in [0.717, 1.165) is 83.4 Å². The van der Waals surface area contributed by atoms with Gasteiger partial charge < -0.3 is 0 Å². The molecule has 0 aliphatic heterocycles. The summed E-state index contributed by atoms with van der Waals surface area (Å²) >= 11 is 0. The first kappa shape index (κ1) is 32.2. The van der Waals surface area contributed by atoms with E-state index in [-0.39, 0.29) is 0 Å². The van der Waals surface area contributed by atoms with E-state index in [2.05, 4.69) is 187 Å². The van der Waals surface area contributed by atoms with E-state index in [9.17, 15) is 0 Å². The first-order valence-corrected chi connectivity index (χ1v) is 18.5. The Balaban J connectivity index is 1.17. The van der Waals surface area contributed by atoms with E-state index in [1.165, 1.54) is 5.56 Å². The second kappa shape index (κ2) is 13.8. The van der Waals surface area contributed by atoms with Gasteiger partial charge in [-0.15, -0.1) is 0 Å². The van der Waals surface area contributed by atoms with Gasteiger partial charge in [-0.05, 0) is 51.9 Å². The Bertz CT molecular complexity index is 2940. The molecule has 0 fully saturated rings. The minimum absolute atomic E-state index is 0.677. The molecule has 258 valence electrons. The highest BCUT2D eigenvalue weighted by molar-refractivity contribution is 6.17. The molecule has 4 heteroatoms. The highest BCUT2D eigenvalue weighted by Crippen LogP contribution is 2.42. The zero-order valence-corrected chi connectivity index (χ0v) is 29.9. The summed E-state index contributed by atoms with van der Waals surface area (Å²) < 4.78 is 2.12. The third kappa shape index (κ3) is 6.06. The zero-order chi connectivity index (χ0) is 36.6. The van der Waals surface area contributed by atoms with Crippen LogP contribution in [-0.4, -0.2) is 19.7 Å². The van der Waals surface area contributed by atoms with Gasteiger partial charge in [0.05, 0.1) is 22.6 Å². The number of fused-ring (bicyclic) bond motifs is 3. The second-order valence-corrected chi connectivity index (χ2v) is 13.7. The van der Waals surface area contributed by atoms with Gasteiger partial charge in [0, 0.05) is 33.0 Å². The summed E-state index contributed by atoms with van der Waals surface area (Å²) in [6, 6.07) is 72.0. The Morgan fingerprint density at radius 2 is 0.891 bits per heavy atom. The fourth-order valence-electron chi connectivity index (χ4n) is 7.54. The Labute approximate surface area is 319 Å². The predicted molar refractivity (Wildman–Crippen MR) is 227 cm³/mol. The van der Waals surface area contributed by atoms with E-state index >= 15 is 0 Å². The van der Waals surface area contributed by atoms with E-state index in [1.807, 2.05) is 24.3 Å². The number of aromatic nitrogens is 4. The third-order valence-electron chi connectivity index (χ3n) is 10.2. The van der Waals surface area contributed by atoms with E-state index < -0.39 is 0 Å². The van der Waals surface area contributed by atoms with Crippen molar-refractivity contribution >= 4 is 21.7 Å². The molecule has 0 bridgehead atoms. The van der Waals surface area contributed by atoms with Gasteiger partial charge in [0.2, 0.25) is 0 Å². The van der Waals surface area contributed by atoms with Crippen molar-refractivity contribution < 1.29 is 0 Å². The lowest BCUT2D eigenvalue weighted by Crippen LogP contribution is -1.99. The molecular formula is C51H34N4. The molecule has 2 heterocycles. The Morgan fingerprint density at radius 1 is 0.364 bits per heavy atom. The Hall–Kier alpha value is -7.43. The predicted octanol–water partition coefficient (Wildman–Crippen LogP) is 13.0. The number of nitrogens with zero attached hydrogens (tertiary/aromatic N) is 4. The highest BCUT2D eigenvalue weighted by atomic mass is 15.3. The van der Waals surface area contributed by atoms with Gasteiger partial charge in [-0.2, -0.15) is 5.10 Å². The quantitative estimate of drug-likeness (QED) is 0.166. The van der Waals surface area contributed by atoms with Crippen molar-refractivity contribution in [1.29, 1.82) is 0 Å². The average molecular weight is 703 g/mol. The molecule has 0 atom stereocenters. The minimum atomic E-state index is 0.677. The van der Waals surface area contributed by atoms with Crippen LogP contribution < -0.4 is 0 Å². The minimum Gasteiger partial charge on any atom is -0.232 e. The lowest BCUT2D eigenvalue weighted by atomic mass is 9.94. The van der Waals surface area contributed by atoms with Crippen LogP contribution in [0.5, 0.6) is 0 Å². The number of hydrogen-bond donors (Lipinski definition) is 0. The summed E-state index contributed by atoms with van der Waals surface area (Å²) in [4.78, 5) is 10.3. The first-order valence-electron chi connectivity index (χ1n) is 18.5. The van der Waals surface area contributed by atoms with E-state index in [1.54, 1.807) is 0 Å². The molecule has 10 rings (SSSR count). The molecule has 0 spiro atoms. The molecule has 0 saturated carbocycles. The average Bonchev–Trinajstić information content (AvgIpc) is 3.69. The summed E-state index contributed by atoms with van der Waals surface area (Å²) in [7, 11) is 0. The van der Waals surface area contributed by atoms with E-state index in [4.69, 9.17) is 15.1 Å². The van der Waals surface area contributed by atoms with Crippen molar-refractivity contribution in [2.45, 2.75) is 0 Å². The third-order valence-corrected chi connectivity index (χ3v) is 10.2. The monoisotopic (exact) mass is 702 g/mol. The van der Waals surface area contributed by atoms with Crippen LogP contribution in [0.15, 0.2) is 206 Å². The first-order chi connectivity index (χ1) is 27.3. The lowest BCUT2D eigenvalue weighted by molar-refractivity contribution is 0.918. The van der Waals surface area contributed by atoms with Gasteiger partial charge in [-0.25, -0.2) is 14.6 Å². The second-order valence-electron chi connectivity index (χ2n) is 13.7. The van der Waals surface area contributed by atoms with Crippen molar-refractivity contribution in [1.82, 2.24) is 19.7 Å². The van der Waals surface area contributed by atoms with Gasteiger partial charge in [-0.1, -0.05) is 182 Å². The summed E-state index contributed by atoms with van der Waals surface area (Å²) in [6.45, 7) is 0. The van der Waals surface area contributed by atoms with Crippen LogP contribution in [0.3, 0.4) is 0 Å². The van der Waals surface area contributed by atoms with Crippen molar-refractivity contribution in [3.8, 4) is 73.1 Å². The van der Waals surface area contributed by atoms with Crippen LogP contribution in [0.2, 0.25) is 0 Å². The number of rotatable bonds is 7. The normalized spacial score (nSPS) is 11.3. The highest BCUT2D eigenvalue weighted by Gasteiger charge is 2.21. The van der Waals surface area contributed by atoms with Crippen LogP contribution in [0, 0.1) is 0 Å².